The zero-order chi connectivity index (χ0) is 16.8. The van der Waals surface area contributed by atoms with Crippen LogP contribution in [0.5, 0.6) is 0 Å². The average Bonchev–Trinajstić information content (AvgIpc) is 2.52. The molecule has 0 aromatic heterocycles. The minimum Gasteiger partial charge on any atom is -0.481 e. The minimum absolute atomic E-state index is 0.147. The molecule has 0 heterocycles. The van der Waals surface area contributed by atoms with E-state index in [9.17, 15) is 18.4 Å². The Morgan fingerprint density at radius 1 is 0.957 bits per heavy atom. The summed E-state index contributed by atoms with van der Waals surface area (Å²) in [6.45, 7) is 0. The van der Waals surface area contributed by atoms with Gasteiger partial charge in [-0.05, 0) is 48.4 Å². The van der Waals surface area contributed by atoms with Crippen LogP contribution in [-0.2, 0) is 4.79 Å². The second kappa shape index (κ2) is 7.49. The average molecular weight is 319 g/mol. The lowest BCUT2D eigenvalue weighted by Gasteiger charge is -2.18. The number of carbonyl (C=O) groups is 2. The Balaban J connectivity index is 2.16. The topological polar surface area (TPSA) is 66.4 Å². The van der Waals surface area contributed by atoms with Gasteiger partial charge in [0.25, 0.3) is 5.91 Å². The number of nitrogens with one attached hydrogen (secondary N) is 1. The summed E-state index contributed by atoms with van der Waals surface area (Å²) in [5.74, 6) is -2.32. The van der Waals surface area contributed by atoms with Gasteiger partial charge in [-0.2, -0.15) is 0 Å². The Kier molecular flexibility index (Phi) is 5.41. The van der Waals surface area contributed by atoms with Gasteiger partial charge in [-0.3, -0.25) is 9.59 Å². The van der Waals surface area contributed by atoms with Crippen molar-refractivity contribution in [2.24, 2.45) is 0 Å². The zero-order valence-corrected chi connectivity index (χ0v) is 12.1. The number of halogens is 2. The summed E-state index contributed by atoms with van der Waals surface area (Å²) in [6.07, 6.45) is 0.0135. The Labute approximate surface area is 131 Å². The minimum atomic E-state index is -0.992. The molecule has 2 aromatic carbocycles. The number of rotatable bonds is 6. The molecule has 0 saturated carbocycles. The quantitative estimate of drug-likeness (QED) is 0.858. The molecule has 2 rings (SSSR count). The molecule has 6 heteroatoms. The molecule has 120 valence electrons. The SMILES string of the molecule is O=C(O)CCC(NC(=O)c1ccc(F)cc1)c1ccc(F)cc1. The van der Waals surface area contributed by atoms with Gasteiger partial charge in [0.2, 0.25) is 0 Å². The van der Waals surface area contributed by atoms with Gasteiger partial charge in [-0.1, -0.05) is 12.1 Å². The molecule has 2 aromatic rings. The van der Waals surface area contributed by atoms with Crippen LogP contribution in [0.2, 0.25) is 0 Å². The van der Waals surface area contributed by atoms with E-state index < -0.39 is 29.6 Å². The number of hydrogen-bond acceptors (Lipinski definition) is 2. The van der Waals surface area contributed by atoms with Crippen LogP contribution in [-0.4, -0.2) is 17.0 Å². The summed E-state index contributed by atoms with van der Waals surface area (Å²) in [4.78, 5) is 23.0. The normalized spacial score (nSPS) is 11.7. The third-order valence-corrected chi connectivity index (χ3v) is 3.33. The molecule has 0 radical (unpaired) electrons. The Morgan fingerprint density at radius 2 is 1.48 bits per heavy atom. The Bertz CT molecular complexity index is 684. The van der Waals surface area contributed by atoms with E-state index in [1.54, 1.807) is 0 Å². The van der Waals surface area contributed by atoms with Crippen molar-refractivity contribution in [2.75, 3.05) is 0 Å². The van der Waals surface area contributed by atoms with E-state index in [4.69, 9.17) is 5.11 Å². The third kappa shape index (κ3) is 4.88. The van der Waals surface area contributed by atoms with Gasteiger partial charge in [0.1, 0.15) is 11.6 Å². The number of carbonyl (C=O) groups excluding carboxylic acids is 1. The molecular weight excluding hydrogens is 304 g/mol. The first kappa shape index (κ1) is 16.6. The van der Waals surface area contributed by atoms with Crippen LogP contribution in [0.4, 0.5) is 8.78 Å². The van der Waals surface area contributed by atoms with E-state index in [1.807, 2.05) is 0 Å². The van der Waals surface area contributed by atoms with Gasteiger partial charge in [-0.25, -0.2) is 8.78 Å². The van der Waals surface area contributed by atoms with Gasteiger partial charge in [0.15, 0.2) is 0 Å². The first-order valence-corrected chi connectivity index (χ1v) is 6.99. The van der Waals surface area contributed by atoms with Crippen molar-refractivity contribution in [1.29, 1.82) is 0 Å². The molecule has 0 aliphatic carbocycles. The van der Waals surface area contributed by atoms with Crippen LogP contribution in [0.1, 0.15) is 34.8 Å². The lowest BCUT2D eigenvalue weighted by atomic mass is 10.0. The maximum atomic E-state index is 13.0. The van der Waals surface area contributed by atoms with E-state index >= 15 is 0 Å². The van der Waals surface area contributed by atoms with Gasteiger partial charge >= 0.3 is 5.97 Å². The number of hydrogen-bond donors (Lipinski definition) is 2. The molecule has 4 nitrogen and oxygen atoms in total. The molecule has 0 spiro atoms. The fourth-order valence-electron chi connectivity index (χ4n) is 2.13. The summed E-state index contributed by atoms with van der Waals surface area (Å²) in [5, 5.41) is 11.5. The van der Waals surface area contributed by atoms with Crippen molar-refractivity contribution in [3.05, 3.63) is 71.3 Å². The second-order valence-electron chi connectivity index (χ2n) is 5.02. The van der Waals surface area contributed by atoms with Crippen molar-refractivity contribution < 1.29 is 23.5 Å². The first-order valence-electron chi connectivity index (χ1n) is 6.99. The van der Waals surface area contributed by atoms with Crippen LogP contribution in [0.25, 0.3) is 0 Å². The van der Waals surface area contributed by atoms with E-state index in [-0.39, 0.29) is 18.4 Å². The van der Waals surface area contributed by atoms with Gasteiger partial charge in [-0.15, -0.1) is 0 Å². The predicted molar refractivity (Wildman–Crippen MR) is 79.9 cm³/mol. The fourth-order valence-corrected chi connectivity index (χ4v) is 2.13. The largest absolute Gasteiger partial charge is 0.481 e. The number of carboxylic acids is 1. The number of benzene rings is 2. The van der Waals surface area contributed by atoms with E-state index in [1.165, 1.54) is 48.5 Å². The first-order chi connectivity index (χ1) is 11.0. The van der Waals surface area contributed by atoms with Gasteiger partial charge in [0.05, 0.1) is 6.04 Å². The van der Waals surface area contributed by atoms with E-state index in [0.717, 1.165) is 0 Å². The van der Waals surface area contributed by atoms with Crippen molar-refractivity contribution in [1.82, 2.24) is 5.32 Å². The Morgan fingerprint density at radius 3 is 2.00 bits per heavy atom. The highest BCUT2D eigenvalue weighted by Gasteiger charge is 2.17. The van der Waals surface area contributed by atoms with Crippen molar-refractivity contribution >= 4 is 11.9 Å². The molecule has 1 unspecified atom stereocenters. The molecule has 0 fully saturated rings. The molecule has 0 aliphatic rings. The second-order valence-corrected chi connectivity index (χ2v) is 5.02. The van der Waals surface area contributed by atoms with Crippen molar-refractivity contribution in [2.45, 2.75) is 18.9 Å². The molecule has 0 bridgehead atoms. The van der Waals surface area contributed by atoms with Gasteiger partial charge < -0.3 is 10.4 Å². The van der Waals surface area contributed by atoms with Crippen LogP contribution >= 0.6 is 0 Å². The maximum Gasteiger partial charge on any atom is 0.303 e. The number of amides is 1. The molecule has 0 aliphatic heterocycles. The van der Waals surface area contributed by atoms with Crippen molar-refractivity contribution in [3.8, 4) is 0 Å². The van der Waals surface area contributed by atoms with Crippen LogP contribution in [0.15, 0.2) is 48.5 Å². The van der Waals surface area contributed by atoms with E-state index in [0.29, 0.717) is 5.56 Å². The molecule has 23 heavy (non-hydrogen) atoms. The maximum absolute atomic E-state index is 13.0. The summed E-state index contributed by atoms with van der Waals surface area (Å²) in [5.41, 5.74) is 0.858. The number of aliphatic carboxylic acids is 1. The fraction of sp³-hybridized carbons (Fsp3) is 0.176. The highest BCUT2D eigenvalue weighted by molar-refractivity contribution is 5.94. The van der Waals surface area contributed by atoms with Gasteiger partial charge in [0, 0.05) is 12.0 Å². The smallest absolute Gasteiger partial charge is 0.303 e. The highest BCUT2D eigenvalue weighted by Crippen LogP contribution is 2.20. The molecular formula is C17H15F2NO3. The van der Waals surface area contributed by atoms with Crippen LogP contribution in [0.3, 0.4) is 0 Å². The summed E-state index contributed by atoms with van der Waals surface area (Å²) in [7, 11) is 0. The summed E-state index contributed by atoms with van der Waals surface area (Å²) < 4.78 is 25.9. The monoisotopic (exact) mass is 319 g/mol. The standard InChI is InChI=1S/C17H15F2NO3/c18-13-5-1-11(2-6-13)15(9-10-16(21)22)20-17(23)12-3-7-14(19)8-4-12/h1-8,15H,9-10H2,(H,20,23)(H,21,22). The molecule has 0 saturated heterocycles. The zero-order valence-electron chi connectivity index (χ0n) is 12.1. The lowest BCUT2D eigenvalue weighted by Crippen LogP contribution is -2.29. The number of carboxylic acid groups (broad SMARTS) is 1. The van der Waals surface area contributed by atoms with Crippen LogP contribution < -0.4 is 5.32 Å². The van der Waals surface area contributed by atoms with Crippen molar-refractivity contribution in [3.63, 3.8) is 0 Å². The lowest BCUT2D eigenvalue weighted by molar-refractivity contribution is -0.137. The summed E-state index contributed by atoms with van der Waals surface area (Å²) in [6, 6.07) is 9.90. The van der Waals surface area contributed by atoms with E-state index in [2.05, 4.69) is 5.32 Å². The molecule has 1 amide bonds. The summed E-state index contributed by atoms with van der Waals surface area (Å²) >= 11 is 0. The molecule has 2 N–H and O–H groups in total. The van der Waals surface area contributed by atoms with Crippen LogP contribution in [0, 0.1) is 11.6 Å². The predicted octanol–water partition coefficient (Wildman–Crippen LogP) is 3.30. The third-order valence-electron chi connectivity index (χ3n) is 3.33. The highest BCUT2D eigenvalue weighted by atomic mass is 19.1. The molecule has 1 atom stereocenters. The Hall–Kier alpha value is -2.76.